The maximum absolute atomic E-state index is 12.5. The maximum Gasteiger partial charge on any atom is 0.339 e. The Hall–Kier alpha value is -3.12. The van der Waals surface area contributed by atoms with E-state index < -0.39 is 23.5 Å². The second-order valence-electron chi connectivity index (χ2n) is 5.64. The molecule has 1 aromatic heterocycles. The highest BCUT2D eigenvalue weighted by Gasteiger charge is 2.21. The van der Waals surface area contributed by atoms with E-state index in [4.69, 9.17) is 16.3 Å². The molecule has 0 fully saturated rings. The van der Waals surface area contributed by atoms with Gasteiger partial charge in [-0.05, 0) is 37.3 Å². The van der Waals surface area contributed by atoms with E-state index in [1.807, 2.05) is 0 Å². The van der Waals surface area contributed by atoms with E-state index in [0.29, 0.717) is 21.6 Å². The first kappa shape index (κ1) is 17.7. The molecule has 6 nitrogen and oxygen atoms in total. The van der Waals surface area contributed by atoms with E-state index in [9.17, 15) is 14.4 Å². The second-order valence-corrected chi connectivity index (χ2v) is 6.07. The minimum absolute atomic E-state index is 0.107. The molecule has 0 spiro atoms. The van der Waals surface area contributed by atoms with Crippen LogP contribution < -0.4 is 10.9 Å². The number of pyridine rings is 1. The van der Waals surface area contributed by atoms with E-state index in [2.05, 4.69) is 10.3 Å². The number of ether oxygens (including phenoxy) is 1. The molecule has 0 aliphatic rings. The number of hydrogen-bond acceptors (Lipinski definition) is 4. The van der Waals surface area contributed by atoms with Crippen LogP contribution in [0.15, 0.2) is 59.4 Å². The molecule has 0 unspecified atom stereocenters. The fourth-order valence-corrected chi connectivity index (χ4v) is 2.55. The number of rotatable bonds is 4. The number of nitrogens with one attached hydrogen (secondary N) is 2. The van der Waals surface area contributed by atoms with Crippen LogP contribution in [0.1, 0.15) is 17.3 Å². The minimum Gasteiger partial charge on any atom is -0.449 e. The van der Waals surface area contributed by atoms with Crippen LogP contribution in [0.2, 0.25) is 5.02 Å². The van der Waals surface area contributed by atoms with Gasteiger partial charge in [0.2, 0.25) is 5.56 Å². The number of fused-ring (bicyclic) bond motifs is 1. The number of anilines is 1. The third kappa shape index (κ3) is 3.92. The van der Waals surface area contributed by atoms with Crippen molar-refractivity contribution in [2.75, 3.05) is 5.32 Å². The van der Waals surface area contributed by atoms with Crippen molar-refractivity contribution in [2.45, 2.75) is 13.0 Å². The molecule has 26 heavy (non-hydrogen) atoms. The summed E-state index contributed by atoms with van der Waals surface area (Å²) < 4.78 is 5.23. The van der Waals surface area contributed by atoms with Crippen LogP contribution in [-0.4, -0.2) is 23.0 Å². The summed E-state index contributed by atoms with van der Waals surface area (Å²) in [6.45, 7) is 1.46. The van der Waals surface area contributed by atoms with Gasteiger partial charge in [0.25, 0.3) is 5.91 Å². The molecule has 3 rings (SSSR count). The highest BCUT2D eigenvalue weighted by molar-refractivity contribution is 6.30. The van der Waals surface area contributed by atoms with Crippen LogP contribution in [0.25, 0.3) is 10.9 Å². The summed E-state index contributed by atoms with van der Waals surface area (Å²) >= 11 is 5.80. The third-order valence-corrected chi connectivity index (χ3v) is 3.99. The van der Waals surface area contributed by atoms with Gasteiger partial charge >= 0.3 is 5.97 Å². The molecule has 1 atom stereocenters. The number of para-hydroxylation sites is 1. The lowest BCUT2D eigenvalue weighted by atomic mass is 10.1. The van der Waals surface area contributed by atoms with Gasteiger partial charge in [0, 0.05) is 27.7 Å². The molecule has 132 valence electrons. The van der Waals surface area contributed by atoms with Crippen molar-refractivity contribution >= 4 is 40.1 Å². The van der Waals surface area contributed by atoms with Crippen molar-refractivity contribution in [2.24, 2.45) is 0 Å². The number of halogens is 1. The summed E-state index contributed by atoms with van der Waals surface area (Å²) in [5.41, 5.74) is 0.735. The molecular weight excluding hydrogens is 356 g/mol. The van der Waals surface area contributed by atoms with Crippen LogP contribution >= 0.6 is 11.6 Å². The fraction of sp³-hybridized carbons (Fsp3) is 0.105. The Morgan fingerprint density at radius 2 is 1.81 bits per heavy atom. The number of aromatic amines is 1. The van der Waals surface area contributed by atoms with Crippen LogP contribution in [0, 0.1) is 0 Å². The van der Waals surface area contributed by atoms with E-state index in [1.54, 1.807) is 48.5 Å². The summed E-state index contributed by atoms with van der Waals surface area (Å²) in [6, 6.07) is 14.6. The molecule has 7 heteroatoms. The largest absolute Gasteiger partial charge is 0.449 e. The SMILES string of the molecule is C[C@@H](OC(=O)c1cc(=O)[nH]c2ccccc12)C(=O)Nc1ccc(Cl)cc1. The number of carbonyl (C=O) groups excluding carboxylic acids is 2. The van der Waals surface area contributed by atoms with Crippen molar-refractivity contribution in [3.8, 4) is 0 Å². The van der Waals surface area contributed by atoms with Gasteiger partial charge in [0.1, 0.15) is 0 Å². The topological polar surface area (TPSA) is 88.3 Å². The predicted octanol–water partition coefficient (Wildman–Crippen LogP) is 3.37. The highest BCUT2D eigenvalue weighted by atomic mass is 35.5. The summed E-state index contributed by atoms with van der Waals surface area (Å²) in [5, 5.41) is 3.72. The number of benzene rings is 2. The van der Waals surface area contributed by atoms with Gasteiger partial charge in [-0.3, -0.25) is 9.59 Å². The number of aromatic nitrogens is 1. The minimum atomic E-state index is -1.05. The zero-order chi connectivity index (χ0) is 18.7. The van der Waals surface area contributed by atoms with Gasteiger partial charge in [-0.25, -0.2) is 4.79 Å². The van der Waals surface area contributed by atoms with Crippen LogP contribution in [0.5, 0.6) is 0 Å². The first-order valence-corrected chi connectivity index (χ1v) is 8.21. The Balaban J connectivity index is 1.76. The molecule has 0 saturated carbocycles. The van der Waals surface area contributed by atoms with Crippen LogP contribution in [0.4, 0.5) is 5.69 Å². The van der Waals surface area contributed by atoms with Crippen LogP contribution in [0.3, 0.4) is 0 Å². The van der Waals surface area contributed by atoms with E-state index in [0.717, 1.165) is 6.07 Å². The summed E-state index contributed by atoms with van der Waals surface area (Å²) in [5.74, 6) is -1.24. The number of esters is 1. The average Bonchev–Trinajstić information content (AvgIpc) is 2.62. The highest BCUT2D eigenvalue weighted by Crippen LogP contribution is 2.17. The Bertz CT molecular complexity index is 1030. The lowest BCUT2D eigenvalue weighted by molar-refractivity contribution is -0.123. The maximum atomic E-state index is 12.5. The Morgan fingerprint density at radius 3 is 2.54 bits per heavy atom. The Morgan fingerprint density at radius 1 is 1.12 bits per heavy atom. The normalized spacial score (nSPS) is 11.8. The number of H-pyrrole nitrogens is 1. The van der Waals surface area contributed by atoms with Gasteiger partial charge in [0.15, 0.2) is 6.10 Å². The van der Waals surface area contributed by atoms with Crippen molar-refractivity contribution in [3.63, 3.8) is 0 Å². The predicted molar refractivity (Wildman–Crippen MR) is 99.5 cm³/mol. The number of carbonyl (C=O) groups is 2. The summed E-state index contributed by atoms with van der Waals surface area (Å²) in [6.07, 6.45) is -1.05. The fourth-order valence-electron chi connectivity index (χ4n) is 2.43. The first-order chi connectivity index (χ1) is 12.4. The second kappa shape index (κ2) is 7.41. The zero-order valence-corrected chi connectivity index (χ0v) is 14.5. The summed E-state index contributed by atoms with van der Waals surface area (Å²) in [4.78, 5) is 39.0. The molecule has 0 saturated heterocycles. The lowest BCUT2D eigenvalue weighted by Crippen LogP contribution is -2.30. The summed E-state index contributed by atoms with van der Waals surface area (Å²) in [7, 11) is 0. The van der Waals surface area contributed by atoms with Crippen LogP contribution in [-0.2, 0) is 9.53 Å². The number of amides is 1. The average molecular weight is 371 g/mol. The van der Waals surface area contributed by atoms with Gasteiger partial charge in [-0.1, -0.05) is 29.8 Å². The molecule has 2 N–H and O–H groups in total. The molecular formula is C19H15ClN2O4. The molecule has 0 bridgehead atoms. The molecule has 1 heterocycles. The first-order valence-electron chi connectivity index (χ1n) is 7.83. The molecule has 1 amide bonds. The lowest BCUT2D eigenvalue weighted by Gasteiger charge is -2.14. The molecule has 3 aromatic rings. The van der Waals surface area contributed by atoms with E-state index >= 15 is 0 Å². The van der Waals surface area contributed by atoms with E-state index in [1.165, 1.54) is 6.92 Å². The molecule has 0 aliphatic heterocycles. The molecule has 0 radical (unpaired) electrons. The Labute approximate surface area is 153 Å². The van der Waals surface area contributed by atoms with Crippen molar-refractivity contribution in [3.05, 3.63) is 75.5 Å². The van der Waals surface area contributed by atoms with E-state index in [-0.39, 0.29) is 5.56 Å². The van der Waals surface area contributed by atoms with Crippen molar-refractivity contribution in [1.82, 2.24) is 4.98 Å². The van der Waals surface area contributed by atoms with Gasteiger partial charge in [0.05, 0.1) is 5.56 Å². The quantitative estimate of drug-likeness (QED) is 0.689. The van der Waals surface area contributed by atoms with Gasteiger partial charge < -0.3 is 15.0 Å². The molecule has 2 aromatic carbocycles. The van der Waals surface area contributed by atoms with Crippen molar-refractivity contribution < 1.29 is 14.3 Å². The van der Waals surface area contributed by atoms with Gasteiger partial charge in [-0.2, -0.15) is 0 Å². The monoisotopic (exact) mass is 370 g/mol. The smallest absolute Gasteiger partial charge is 0.339 e. The third-order valence-electron chi connectivity index (χ3n) is 3.74. The molecule has 0 aliphatic carbocycles. The number of hydrogen-bond donors (Lipinski definition) is 2. The standard InChI is InChI=1S/C19H15ClN2O4/c1-11(18(24)21-13-8-6-12(20)7-9-13)26-19(25)15-10-17(23)22-16-5-3-2-4-14(15)16/h2-11H,1H3,(H,21,24)(H,22,23)/t11-/m1/s1. The van der Waals surface area contributed by atoms with Crippen molar-refractivity contribution in [1.29, 1.82) is 0 Å². The zero-order valence-electron chi connectivity index (χ0n) is 13.8. The van der Waals surface area contributed by atoms with Gasteiger partial charge in [-0.15, -0.1) is 0 Å². The Kier molecular flexibility index (Phi) is 5.04.